The molecule has 2 heteroatoms. The Morgan fingerprint density at radius 3 is 1.30 bits per heavy atom. The van der Waals surface area contributed by atoms with Crippen LogP contribution in [0.1, 0.15) is 25.0 Å². The molecule has 0 amide bonds. The van der Waals surface area contributed by atoms with Gasteiger partial charge in [0.05, 0.1) is 11.2 Å². The normalized spacial score (nSPS) is 12.4. The summed E-state index contributed by atoms with van der Waals surface area (Å²) in [4.78, 5) is 2.40. The molecule has 0 saturated carbocycles. The molecule has 0 radical (unpaired) electrons. The van der Waals surface area contributed by atoms with Gasteiger partial charge in [-0.15, -0.1) is 0 Å². The monoisotopic (exact) mass is 982 g/mol. The Hall–Kier alpha value is -9.76. The molecule has 1 heterocycles. The third-order valence-electron chi connectivity index (χ3n) is 16.0. The Bertz CT molecular complexity index is 4190. The lowest BCUT2D eigenvalue weighted by Crippen LogP contribution is -2.16. The molecule has 0 unspecified atom stereocenters. The van der Waals surface area contributed by atoms with Gasteiger partial charge in [-0.1, -0.05) is 250 Å². The zero-order chi connectivity index (χ0) is 51.5. The van der Waals surface area contributed by atoms with E-state index in [0.29, 0.717) is 0 Å². The molecule has 14 rings (SSSR count). The van der Waals surface area contributed by atoms with Crippen LogP contribution in [0.15, 0.2) is 291 Å². The molecule has 0 atom stereocenters. The molecular formula is C75H54N2. The molecule has 12 aromatic carbocycles. The van der Waals surface area contributed by atoms with Crippen LogP contribution in [-0.4, -0.2) is 4.57 Å². The molecule has 1 aromatic heterocycles. The number of hydrogen-bond donors (Lipinski definition) is 0. The average Bonchev–Trinajstić information content (AvgIpc) is 4.20. The first-order chi connectivity index (χ1) is 38.0. The number of rotatable bonds is 10. The Kier molecular flexibility index (Phi) is 11.2. The number of fused-ring (bicyclic) bond motifs is 6. The van der Waals surface area contributed by atoms with Crippen LogP contribution in [-0.2, 0) is 5.41 Å². The van der Waals surface area contributed by atoms with E-state index in [1.54, 1.807) is 0 Å². The van der Waals surface area contributed by atoms with Gasteiger partial charge in [0.2, 0.25) is 0 Å². The van der Waals surface area contributed by atoms with Crippen molar-refractivity contribution in [1.29, 1.82) is 0 Å². The number of para-hydroxylation sites is 1. The van der Waals surface area contributed by atoms with Crippen molar-refractivity contribution in [3.8, 4) is 83.7 Å². The summed E-state index contributed by atoms with van der Waals surface area (Å²) in [5.41, 5.74) is 25.2. The molecule has 364 valence electrons. The summed E-state index contributed by atoms with van der Waals surface area (Å²) >= 11 is 0. The first kappa shape index (κ1) is 45.8. The third kappa shape index (κ3) is 7.97. The summed E-state index contributed by atoms with van der Waals surface area (Å²) in [6, 6.07) is 107. The Balaban J connectivity index is 0.817. The van der Waals surface area contributed by atoms with Gasteiger partial charge in [-0.05, 0) is 138 Å². The van der Waals surface area contributed by atoms with Crippen LogP contribution < -0.4 is 4.90 Å². The first-order valence-corrected chi connectivity index (χ1v) is 26.7. The van der Waals surface area contributed by atoms with Crippen molar-refractivity contribution < 1.29 is 0 Å². The van der Waals surface area contributed by atoms with Gasteiger partial charge >= 0.3 is 0 Å². The van der Waals surface area contributed by atoms with Crippen LogP contribution in [0.2, 0.25) is 0 Å². The van der Waals surface area contributed by atoms with Crippen molar-refractivity contribution >= 4 is 38.7 Å². The van der Waals surface area contributed by atoms with Gasteiger partial charge in [-0.25, -0.2) is 0 Å². The minimum absolute atomic E-state index is 0.233. The quantitative estimate of drug-likeness (QED) is 0.133. The van der Waals surface area contributed by atoms with E-state index in [-0.39, 0.29) is 5.41 Å². The minimum atomic E-state index is -0.233. The second-order valence-corrected chi connectivity index (χ2v) is 20.8. The van der Waals surface area contributed by atoms with Crippen molar-refractivity contribution in [1.82, 2.24) is 4.57 Å². The molecule has 0 spiro atoms. The van der Waals surface area contributed by atoms with Crippen molar-refractivity contribution in [2.75, 3.05) is 4.90 Å². The van der Waals surface area contributed by atoms with Crippen molar-refractivity contribution in [2.45, 2.75) is 19.3 Å². The Morgan fingerprint density at radius 2 is 0.714 bits per heavy atom. The Morgan fingerprint density at radius 1 is 0.286 bits per heavy atom. The first-order valence-electron chi connectivity index (χ1n) is 26.7. The summed E-state index contributed by atoms with van der Waals surface area (Å²) in [6.45, 7) is 4.78. The van der Waals surface area contributed by atoms with Gasteiger partial charge < -0.3 is 9.47 Å². The molecular weight excluding hydrogens is 929 g/mol. The number of hydrogen-bond acceptors (Lipinski definition) is 1. The standard InChI is InChI=1S/C75H54N2/c1-75(2)70-49-59(39-45-66(70)67-46-44-63(50-71(67)75)76(61-40-35-53(36-41-61)51-19-8-3-9-20-51)62-42-37-54(38-43-62)52-21-10-4-11-22-52)55-31-33-56(34-32-55)64-29-18-30-68-65(64)47-48-69-72(57-23-12-5-13-24-57)73(58-25-14-6-15-26-58)77(74(68)69)60-27-16-7-17-28-60/h3-50H,1-2H3. The zero-order valence-corrected chi connectivity index (χ0v) is 43.1. The summed E-state index contributed by atoms with van der Waals surface area (Å²) in [5, 5.41) is 3.68. The summed E-state index contributed by atoms with van der Waals surface area (Å²) in [6.07, 6.45) is 0. The highest BCUT2D eigenvalue weighted by molar-refractivity contribution is 6.18. The topological polar surface area (TPSA) is 8.17 Å². The summed E-state index contributed by atoms with van der Waals surface area (Å²) in [7, 11) is 0. The lowest BCUT2D eigenvalue weighted by molar-refractivity contribution is 0.660. The van der Waals surface area contributed by atoms with Gasteiger partial charge in [0.15, 0.2) is 0 Å². The highest BCUT2D eigenvalue weighted by Gasteiger charge is 2.36. The molecule has 0 aliphatic heterocycles. The lowest BCUT2D eigenvalue weighted by Gasteiger charge is -2.28. The fourth-order valence-electron chi connectivity index (χ4n) is 12.2. The van der Waals surface area contributed by atoms with Crippen LogP contribution in [0.3, 0.4) is 0 Å². The maximum atomic E-state index is 2.49. The number of nitrogens with zero attached hydrogens (tertiary/aromatic N) is 2. The average molecular weight is 983 g/mol. The van der Waals surface area contributed by atoms with E-state index >= 15 is 0 Å². The highest BCUT2D eigenvalue weighted by atomic mass is 15.1. The maximum Gasteiger partial charge on any atom is 0.0620 e. The van der Waals surface area contributed by atoms with Gasteiger partial charge in [-0.3, -0.25) is 0 Å². The maximum absolute atomic E-state index is 2.49. The molecule has 0 bridgehead atoms. The summed E-state index contributed by atoms with van der Waals surface area (Å²) < 4.78 is 2.49. The largest absolute Gasteiger partial charge is 0.310 e. The van der Waals surface area contributed by atoms with Crippen LogP contribution in [0.4, 0.5) is 17.1 Å². The van der Waals surface area contributed by atoms with E-state index < -0.39 is 0 Å². The van der Waals surface area contributed by atoms with E-state index in [0.717, 1.165) is 22.7 Å². The van der Waals surface area contributed by atoms with Crippen molar-refractivity contribution in [2.24, 2.45) is 0 Å². The molecule has 0 fully saturated rings. The molecule has 1 aliphatic carbocycles. The van der Waals surface area contributed by atoms with Crippen LogP contribution >= 0.6 is 0 Å². The second kappa shape index (κ2) is 18.9. The third-order valence-corrected chi connectivity index (χ3v) is 16.0. The SMILES string of the molecule is CC1(C)c2cc(-c3ccc(-c4cccc5c4ccc4c(-c6ccccc6)c(-c6ccccc6)n(-c6ccccc6)c45)cc3)ccc2-c2ccc(N(c3ccc(-c4ccccc4)cc3)c3ccc(-c4ccccc4)cc3)cc21. The van der Waals surface area contributed by atoms with E-state index in [4.69, 9.17) is 0 Å². The van der Waals surface area contributed by atoms with Gasteiger partial charge in [-0.2, -0.15) is 0 Å². The number of benzene rings is 12. The van der Waals surface area contributed by atoms with Gasteiger partial charge in [0.1, 0.15) is 0 Å². The fourth-order valence-corrected chi connectivity index (χ4v) is 12.2. The number of anilines is 3. The second-order valence-electron chi connectivity index (χ2n) is 20.8. The van der Waals surface area contributed by atoms with Crippen molar-refractivity contribution in [3.05, 3.63) is 302 Å². The molecule has 1 aliphatic rings. The van der Waals surface area contributed by atoms with E-state index in [1.807, 2.05) is 0 Å². The number of aromatic nitrogens is 1. The predicted octanol–water partition coefficient (Wildman–Crippen LogP) is 20.6. The van der Waals surface area contributed by atoms with Crippen LogP contribution in [0, 0.1) is 0 Å². The molecule has 0 N–H and O–H groups in total. The minimum Gasteiger partial charge on any atom is -0.310 e. The molecule has 77 heavy (non-hydrogen) atoms. The lowest BCUT2D eigenvalue weighted by atomic mass is 9.81. The van der Waals surface area contributed by atoms with E-state index in [1.165, 1.54) is 111 Å². The summed E-state index contributed by atoms with van der Waals surface area (Å²) in [5.74, 6) is 0. The van der Waals surface area contributed by atoms with Crippen LogP contribution in [0.5, 0.6) is 0 Å². The molecule has 0 saturated heterocycles. The van der Waals surface area contributed by atoms with Crippen molar-refractivity contribution in [3.63, 3.8) is 0 Å². The fraction of sp³-hybridized carbons (Fsp3) is 0.0400. The Labute approximate surface area is 451 Å². The smallest absolute Gasteiger partial charge is 0.0620 e. The van der Waals surface area contributed by atoms with Crippen LogP contribution in [0.25, 0.3) is 105 Å². The van der Waals surface area contributed by atoms with E-state index in [9.17, 15) is 0 Å². The molecule has 13 aromatic rings. The zero-order valence-electron chi connectivity index (χ0n) is 43.1. The predicted molar refractivity (Wildman–Crippen MR) is 326 cm³/mol. The van der Waals surface area contributed by atoms with Gasteiger partial charge in [0.25, 0.3) is 0 Å². The molecule has 2 nitrogen and oxygen atoms in total. The van der Waals surface area contributed by atoms with Gasteiger partial charge in [0, 0.05) is 44.5 Å². The highest BCUT2D eigenvalue weighted by Crippen LogP contribution is 2.52. The van der Waals surface area contributed by atoms with E-state index in [2.05, 4.69) is 315 Å².